The molecular weight excluding hydrogens is 374 g/mol. The summed E-state index contributed by atoms with van der Waals surface area (Å²) in [6, 6.07) is 11.2. The summed E-state index contributed by atoms with van der Waals surface area (Å²) >= 11 is 0. The highest BCUT2D eigenvalue weighted by atomic mass is 16.5. The maximum absolute atomic E-state index is 12.9. The molecule has 0 N–H and O–H groups in total. The molecule has 1 unspecified atom stereocenters. The van der Waals surface area contributed by atoms with Crippen molar-refractivity contribution in [1.82, 2.24) is 4.57 Å². The van der Waals surface area contributed by atoms with Crippen LogP contribution in [0.1, 0.15) is 98.6 Å². The van der Waals surface area contributed by atoms with E-state index in [9.17, 15) is 9.59 Å². The first-order chi connectivity index (χ1) is 14.5. The number of esters is 1. The first-order valence-corrected chi connectivity index (χ1v) is 11.4. The van der Waals surface area contributed by atoms with Gasteiger partial charge in [0.25, 0.3) is 0 Å². The fourth-order valence-corrected chi connectivity index (χ4v) is 4.02. The molecule has 1 atom stereocenters. The minimum absolute atomic E-state index is 0.0136. The number of benzene rings is 1. The first kappa shape index (κ1) is 23.9. The highest BCUT2D eigenvalue weighted by Gasteiger charge is 2.20. The molecule has 2 aromatic rings. The van der Waals surface area contributed by atoms with Gasteiger partial charge in [0.15, 0.2) is 5.78 Å². The van der Waals surface area contributed by atoms with E-state index >= 15 is 0 Å². The summed E-state index contributed by atoms with van der Waals surface area (Å²) in [4.78, 5) is 24.9. The molecule has 1 aromatic heterocycles. The summed E-state index contributed by atoms with van der Waals surface area (Å²) in [6.45, 7) is 8.52. The minimum Gasteiger partial charge on any atom is -0.463 e. The molecule has 0 aliphatic carbocycles. The molecule has 0 saturated heterocycles. The average Bonchev–Trinajstić information content (AvgIpc) is 3.05. The maximum atomic E-state index is 12.9. The van der Waals surface area contributed by atoms with Crippen molar-refractivity contribution < 1.29 is 14.3 Å². The number of hydrogen-bond acceptors (Lipinski definition) is 3. The van der Waals surface area contributed by atoms with Crippen LogP contribution in [0, 0.1) is 13.8 Å². The normalized spacial score (nSPS) is 12.0. The van der Waals surface area contributed by atoms with Crippen LogP contribution in [0.25, 0.3) is 0 Å². The number of aryl methyl sites for hydroxylation is 1. The number of rotatable bonds is 13. The number of carbonyl (C=O) groups is 2. The lowest BCUT2D eigenvalue weighted by molar-refractivity contribution is -0.144. The third-order valence-corrected chi connectivity index (χ3v) is 5.68. The van der Waals surface area contributed by atoms with Crippen LogP contribution in [-0.4, -0.2) is 22.9 Å². The van der Waals surface area contributed by atoms with Crippen molar-refractivity contribution in [2.45, 2.75) is 85.1 Å². The summed E-state index contributed by atoms with van der Waals surface area (Å²) in [7, 11) is 0. The molecule has 0 fully saturated rings. The highest BCUT2D eigenvalue weighted by molar-refractivity contribution is 6.09. The fraction of sp³-hybridized carbons (Fsp3) is 0.538. The van der Waals surface area contributed by atoms with Crippen LogP contribution in [0.4, 0.5) is 0 Å². The lowest BCUT2D eigenvalue weighted by Crippen LogP contribution is -2.18. The quantitative estimate of drug-likeness (QED) is 0.212. The number of unbranched alkanes of at least 4 members (excludes halogenated alkanes) is 6. The molecule has 0 aliphatic heterocycles. The Bertz CT molecular complexity index is 807. The van der Waals surface area contributed by atoms with Crippen molar-refractivity contribution >= 4 is 11.8 Å². The molecular formula is C26H37NO3. The van der Waals surface area contributed by atoms with Gasteiger partial charge in [-0.1, -0.05) is 75.8 Å². The van der Waals surface area contributed by atoms with E-state index < -0.39 is 0 Å². The van der Waals surface area contributed by atoms with Gasteiger partial charge in [-0.3, -0.25) is 9.59 Å². The van der Waals surface area contributed by atoms with Crippen LogP contribution in [0.15, 0.2) is 36.4 Å². The van der Waals surface area contributed by atoms with Gasteiger partial charge in [0, 0.05) is 28.9 Å². The largest absolute Gasteiger partial charge is 0.463 e. The first-order valence-electron chi connectivity index (χ1n) is 11.4. The standard InChI is InChI=1S/C26H37NO3/c1-5-6-7-8-9-10-14-17-25(28)30-19-21(3)27-20(2)18-24(22(27)4)26(29)23-15-12-11-13-16-23/h11-13,15-16,18,21H,5-10,14,17,19H2,1-4H3. The van der Waals surface area contributed by atoms with E-state index in [1.54, 1.807) is 0 Å². The summed E-state index contributed by atoms with van der Waals surface area (Å²) in [5, 5.41) is 0. The van der Waals surface area contributed by atoms with Gasteiger partial charge in [0.05, 0.1) is 6.04 Å². The Balaban J connectivity index is 1.84. The number of nitrogens with zero attached hydrogens (tertiary/aromatic N) is 1. The zero-order valence-electron chi connectivity index (χ0n) is 19.1. The van der Waals surface area contributed by atoms with Crippen LogP contribution in [0.2, 0.25) is 0 Å². The Morgan fingerprint density at radius 3 is 2.27 bits per heavy atom. The SMILES string of the molecule is CCCCCCCCCC(=O)OCC(C)n1c(C)cc(C(=O)c2ccccc2)c1C. The molecule has 4 heteroatoms. The summed E-state index contributed by atoms with van der Waals surface area (Å²) in [5.41, 5.74) is 3.31. The van der Waals surface area contributed by atoms with E-state index in [-0.39, 0.29) is 17.8 Å². The number of hydrogen-bond donors (Lipinski definition) is 0. The molecule has 30 heavy (non-hydrogen) atoms. The Morgan fingerprint density at radius 1 is 0.967 bits per heavy atom. The molecule has 164 valence electrons. The van der Waals surface area contributed by atoms with Crippen molar-refractivity contribution in [1.29, 1.82) is 0 Å². The van der Waals surface area contributed by atoms with Crippen LogP contribution in [-0.2, 0) is 9.53 Å². The van der Waals surface area contributed by atoms with E-state index in [1.165, 1.54) is 32.1 Å². The predicted octanol–water partition coefficient (Wildman–Crippen LogP) is 6.58. The molecule has 4 nitrogen and oxygen atoms in total. The van der Waals surface area contributed by atoms with Crippen LogP contribution >= 0.6 is 0 Å². The smallest absolute Gasteiger partial charge is 0.305 e. The van der Waals surface area contributed by atoms with Gasteiger partial charge >= 0.3 is 5.97 Å². The van der Waals surface area contributed by atoms with Crippen molar-refractivity contribution in [3.63, 3.8) is 0 Å². The van der Waals surface area contributed by atoms with Crippen molar-refractivity contribution in [2.75, 3.05) is 6.61 Å². The lowest BCUT2D eigenvalue weighted by Gasteiger charge is -2.18. The van der Waals surface area contributed by atoms with E-state index in [2.05, 4.69) is 11.5 Å². The molecule has 0 radical (unpaired) electrons. The molecule has 2 rings (SSSR count). The molecule has 0 spiro atoms. The zero-order chi connectivity index (χ0) is 21.9. The van der Waals surface area contributed by atoms with E-state index in [0.29, 0.717) is 24.2 Å². The molecule has 1 heterocycles. The topological polar surface area (TPSA) is 48.3 Å². The average molecular weight is 412 g/mol. The van der Waals surface area contributed by atoms with E-state index in [4.69, 9.17) is 4.74 Å². The number of ketones is 1. The van der Waals surface area contributed by atoms with Gasteiger partial charge in [0.1, 0.15) is 6.61 Å². The van der Waals surface area contributed by atoms with Gasteiger partial charge in [-0.15, -0.1) is 0 Å². The maximum Gasteiger partial charge on any atom is 0.305 e. The molecule has 0 aliphatic rings. The Kier molecular flexibility index (Phi) is 9.85. The number of aromatic nitrogens is 1. The van der Waals surface area contributed by atoms with Crippen LogP contribution in [0.5, 0.6) is 0 Å². The van der Waals surface area contributed by atoms with Crippen molar-refractivity contribution in [3.05, 3.63) is 58.9 Å². The predicted molar refractivity (Wildman–Crippen MR) is 122 cm³/mol. The third kappa shape index (κ3) is 6.86. The van der Waals surface area contributed by atoms with Gasteiger partial charge in [-0.2, -0.15) is 0 Å². The molecule has 0 bridgehead atoms. The molecule has 0 saturated carbocycles. The fourth-order valence-electron chi connectivity index (χ4n) is 4.02. The minimum atomic E-state index is -0.126. The van der Waals surface area contributed by atoms with Gasteiger partial charge in [-0.25, -0.2) is 0 Å². The van der Waals surface area contributed by atoms with E-state index in [0.717, 1.165) is 24.2 Å². The summed E-state index contributed by atoms with van der Waals surface area (Å²) in [5.74, 6) is -0.100. The molecule has 0 amide bonds. The number of carbonyl (C=O) groups excluding carboxylic acids is 2. The Hall–Kier alpha value is -2.36. The van der Waals surface area contributed by atoms with Crippen molar-refractivity contribution in [3.8, 4) is 0 Å². The molecule has 1 aromatic carbocycles. The summed E-state index contributed by atoms with van der Waals surface area (Å²) in [6.07, 6.45) is 8.79. The highest BCUT2D eigenvalue weighted by Crippen LogP contribution is 2.23. The Labute approximate surface area is 181 Å². The van der Waals surface area contributed by atoms with E-state index in [1.807, 2.05) is 57.2 Å². The van der Waals surface area contributed by atoms with Gasteiger partial charge < -0.3 is 9.30 Å². The second-order valence-corrected chi connectivity index (χ2v) is 8.25. The third-order valence-electron chi connectivity index (χ3n) is 5.68. The van der Waals surface area contributed by atoms with Gasteiger partial charge in [0.2, 0.25) is 0 Å². The van der Waals surface area contributed by atoms with Crippen LogP contribution < -0.4 is 0 Å². The summed E-state index contributed by atoms with van der Waals surface area (Å²) < 4.78 is 7.62. The van der Waals surface area contributed by atoms with Gasteiger partial charge in [-0.05, 0) is 33.3 Å². The Morgan fingerprint density at radius 2 is 1.60 bits per heavy atom. The van der Waals surface area contributed by atoms with Crippen molar-refractivity contribution in [2.24, 2.45) is 0 Å². The number of ether oxygens (including phenoxy) is 1. The zero-order valence-corrected chi connectivity index (χ0v) is 19.1. The second-order valence-electron chi connectivity index (χ2n) is 8.25. The van der Waals surface area contributed by atoms with Crippen LogP contribution in [0.3, 0.4) is 0 Å². The second kappa shape index (κ2) is 12.4. The monoisotopic (exact) mass is 411 g/mol. The lowest BCUT2D eigenvalue weighted by atomic mass is 10.0.